The molecule has 0 unspecified atom stereocenters. The van der Waals surface area contributed by atoms with Gasteiger partial charge in [0.15, 0.2) is 0 Å². The predicted molar refractivity (Wildman–Crippen MR) is 146 cm³/mol. The topological polar surface area (TPSA) is 126 Å². The molecule has 0 saturated heterocycles. The molecule has 0 spiro atoms. The first kappa shape index (κ1) is 33.4. The molecule has 2 aromatic carbocycles. The molecule has 1 aliphatic rings. The van der Waals surface area contributed by atoms with Crippen LogP contribution in [0.4, 0.5) is 23.2 Å². The maximum atomic E-state index is 14.0. The highest BCUT2D eigenvalue weighted by Gasteiger charge is 2.59. The smallest absolute Gasteiger partial charge is 0.419 e. The van der Waals surface area contributed by atoms with Crippen LogP contribution >= 0.6 is 22.6 Å². The molecule has 16 heteroatoms. The number of fused-ring (bicyclic) bond motifs is 1. The monoisotopic (exact) mass is 731 g/mol. The molecular weight excluding hydrogens is 705 g/mol. The van der Waals surface area contributed by atoms with Gasteiger partial charge < -0.3 is 18.9 Å². The molecule has 3 rings (SSSR count). The summed E-state index contributed by atoms with van der Waals surface area (Å²) in [7, 11) is -4.84. The van der Waals surface area contributed by atoms with Gasteiger partial charge in [-0.05, 0) is 79.8 Å². The number of anilines is 1. The zero-order valence-electron chi connectivity index (χ0n) is 22.5. The number of carbonyl (C=O) groups is 3. The Bertz CT molecular complexity index is 1420. The first-order valence-corrected chi connectivity index (χ1v) is 15.0. The molecule has 1 atom stereocenters. The summed E-state index contributed by atoms with van der Waals surface area (Å²) in [5.41, 5.74) is -4.59. The van der Waals surface area contributed by atoms with Crippen LogP contribution in [0, 0.1) is 14.8 Å². The van der Waals surface area contributed by atoms with E-state index in [9.17, 15) is 40.4 Å². The molecule has 1 aliphatic heterocycles. The number of alkyl halides is 3. The molecule has 0 fully saturated rings. The average Bonchev–Trinajstić information content (AvgIpc) is 2.91. The zero-order valence-corrected chi connectivity index (χ0v) is 25.5. The second-order valence-electron chi connectivity index (χ2n) is 8.80. The molecule has 0 radical (unpaired) electrons. The van der Waals surface area contributed by atoms with Crippen molar-refractivity contribution in [2.24, 2.45) is 5.41 Å². The number of ether oxygens (including phenoxy) is 4. The van der Waals surface area contributed by atoms with Crippen molar-refractivity contribution in [2.45, 2.75) is 44.4 Å². The summed E-state index contributed by atoms with van der Waals surface area (Å²) in [4.78, 5) is 38.6. The number of hydrogen-bond acceptors (Lipinski definition) is 9. The molecule has 230 valence electrons. The van der Waals surface area contributed by atoms with Gasteiger partial charge in [0, 0.05) is 9.99 Å². The molecule has 10 nitrogen and oxygen atoms in total. The van der Waals surface area contributed by atoms with E-state index in [0.717, 1.165) is 0 Å². The number of benzene rings is 2. The summed E-state index contributed by atoms with van der Waals surface area (Å²) >= 11 is 1.88. The van der Waals surface area contributed by atoms with Gasteiger partial charge in [0.25, 0.3) is 15.4 Å². The van der Waals surface area contributed by atoms with E-state index >= 15 is 0 Å². The number of rotatable bonds is 10. The zero-order chi connectivity index (χ0) is 31.5. The van der Waals surface area contributed by atoms with Crippen molar-refractivity contribution in [3.8, 4) is 5.75 Å². The van der Waals surface area contributed by atoms with Crippen LogP contribution < -0.4 is 9.04 Å². The molecule has 0 aliphatic carbocycles. The Balaban J connectivity index is 2.17. The fourth-order valence-electron chi connectivity index (χ4n) is 4.23. The number of sulfonamides is 1. The van der Waals surface area contributed by atoms with Crippen LogP contribution in [-0.2, 0) is 44.8 Å². The van der Waals surface area contributed by atoms with E-state index in [0.29, 0.717) is 20.0 Å². The minimum absolute atomic E-state index is 0.0787. The van der Waals surface area contributed by atoms with Gasteiger partial charge in [-0.15, -0.1) is 0 Å². The summed E-state index contributed by atoms with van der Waals surface area (Å²) in [5, 5.41) is 0. The van der Waals surface area contributed by atoms with Crippen molar-refractivity contribution in [3.63, 3.8) is 0 Å². The largest absolute Gasteiger partial charge is 0.486 e. The highest BCUT2D eigenvalue weighted by atomic mass is 127. The Hall–Kier alpha value is -3.15. The summed E-state index contributed by atoms with van der Waals surface area (Å²) < 4.78 is 104. The second-order valence-corrected chi connectivity index (χ2v) is 11.9. The van der Waals surface area contributed by atoms with Crippen molar-refractivity contribution in [1.82, 2.24) is 0 Å². The summed E-state index contributed by atoms with van der Waals surface area (Å²) in [6.07, 6.45) is -7.42. The van der Waals surface area contributed by atoms with Gasteiger partial charge in [0.05, 0.1) is 42.5 Å². The number of hydrogen-bond donors (Lipinski definition) is 0. The van der Waals surface area contributed by atoms with E-state index in [2.05, 4.69) is 0 Å². The molecule has 2 aromatic rings. The van der Waals surface area contributed by atoms with Crippen LogP contribution in [0.25, 0.3) is 0 Å². The minimum Gasteiger partial charge on any atom is -0.486 e. The van der Waals surface area contributed by atoms with Crippen molar-refractivity contribution in [1.29, 1.82) is 0 Å². The Labute approximate surface area is 252 Å². The Morgan fingerprint density at radius 2 is 1.50 bits per heavy atom. The van der Waals surface area contributed by atoms with Crippen LogP contribution in [-0.4, -0.2) is 58.8 Å². The highest BCUT2D eigenvalue weighted by Crippen LogP contribution is 2.42. The average molecular weight is 731 g/mol. The first-order chi connectivity index (χ1) is 19.6. The summed E-state index contributed by atoms with van der Waals surface area (Å²) in [6.45, 7) is 2.91. The molecule has 42 heavy (non-hydrogen) atoms. The lowest BCUT2D eigenvalue weighted by Gasteiger charge is -2.38. The minimum atomic E-state index is -5.19. The van der Waals surface area contributed by atoms with Crippen molar-refractivity contribution in [3.05, 3.63) is 51.3 Å². The van der Waals surface area contributed by atoms with E-state index in [4.69, 9.17) is 18.9 Å². The number of nitrogens with zero attached hydrogens (tertiary/aromatic N) is 1. The Kier molecular flexibility index (Phi) is 10.3. The molecule has 0 amide bonds. The molecule has 0 bridgehead atoms. The van der Waals surface area contributed by atoms with Crippen molar-refractivity contribution < 1.29 is 59.3 Å². The van der Waals surface area contributed by atoms with E-state index in [1.165, 1.54) is 32.9 Å². The van der Waals surface area contributed by atoms with E-state index < -0.39 is 74.9 Å². The molecular formula is C26H26F4INO9S. The summed E-state index contributed by atoms with van der Waals surface area (Å²) in [5.74, 6) is -5.71. The van der Waals surface area contributed by atoms with Crippen LogP contribution in [0.3, 0.4) is 0 Å². The van der Waals surface area contributed by atoms with E-state index in [1.807, 2.05) is 22.6 Å². The highest BCUT2D eigenvalue weighted by molar-refractivity contribution is 14.1. The quantitative estimate of drug-likeness (QED) is 0.115. The lowest BCUT2D eigenvalue weighted by atomic mass is 9.81. The number of esters is 3. The Morgan fingerprint density at radius 3 is 2.00 bits per heavy atom. The first-order valence-electron chi connectivity index (χ1n) is 12.5. The van der Waals surface area contributed by atoms with Crippen molar-refractivity contribution >= 4 is 56.2 Å². The van der Waals surface area contributed by atoms with E-state index in [1.54, 1.807) is 6.07 Å². The Morgan fingerprint density at radius 1 is 0.952 bits per heavy atom. The van der Waals surface area contributed by atoms with Crippen LogP contribution in [0.15, 0.2) is 41.3 Å². The number of halogens is 5. The second kappa shape index (κ2) is 13.0. The maximum Gasteiger partial charge on any atom is 0.419 e. The lowest BCUT2D eigenvalue weighted by Crippen LogP contribution is -2.54. The molecule has 1 heterocycles. The molecule has 0 aromatic heterocycles. The van der Waals surface area contributed by atoms with Gasteiger partial charge >= 0.3 is 24.1 Å². The standard InChI is InChI=1S/C26H26F4INO9S/c1-4-38-22(33)25(23(34)39-5-2,24(35)40-6-3)13-16-14-32(20-11-15(31)7-10-21(20)41-16)42(36,37)17-8-9-19(27)18(12-17)26(28,29)30/h7-12,16H,4-6,13-14H2,1-3H3/t16-/m0/s1. The molecule has 0 saturated carbocycles. The van der Waals surface area contributed by atoms with Gasteiger partial charge in [0.1, 0.15) is 17.7 Å². The van der Waals surface area contributed by atoms with Crippen LogP contribution in [0.1, 0.15) is 32.8 Å². The third-order valence-corrected chi connectivity index (χ3v) is 8.54. The fourth-order valence-corrected chi connectivity index (χ4v) is 6.23. The summed E-state index contributed by atoms with van der Waals surface area (Å²) in [6, 6.07) is 5.53. The fraction of sp³-hybridized carbons (Fsp3) is 0.423. The maximum absolute atomic E-state index is 14.0. The van der Waals surface area contributed by atoms with Gasteiger partial charge in [0.2, 0.25) is 0 Å². The van der Waals surface area contributed by atoms with Gasteiger partial charge in [-0.1, -0.05) is 0 Å². The third-order valence-electron chi connectivity index (χ3n) is 6.09. The van der Waals surface area contributed by atoms with E-state index in [-0.39, 0.29) is 37.3 Å². The number of carbonyl (C=O) groups excluding carboxylic acids is 3. The van der Waals surface area contributed by atoms with Crippen LogP contribution in [0.2, 0.25) is 0 Å². The van der Waals surface area contributed by atoms with Gasteiger partial charge in [-0.2, -0.15) is 13.2 Å². The lowest BCUT2D eigenvalue weighted by molar-refractivity contribution is -0.186. The van der Waals surface area contributed by atoms with Crippen molar-refractivity contribution in [2.75, 3.05) is 30.7 Å². The predicted octanol–water partition coefficient (Wildman–Crippen LogP) is 4.47. The van der Waals surface area contributed by atoms with Gasteiger partial charge in [-0.25, -0.2) is 12.8 Å². The third kappa shape index (κ3) is 6.58. The van der Waals surface area contributed by atoms with Gasteiger partial charge in [-0.3, -0.25) is 18.7 Å². The normalized spacial score (nSPS) is 15.3. The SMILES string of the molecule is CCOC(=O)C(C[C@H]1CN(S(=O)(=O)c2ccc(F)c(C(F)(F)F)c2)c2cc(I)ccc2O1)(C(=O)OCC)C(=O)OCC. The molecule has 0 N–H and O–H groups in total. The van der Waals surface area contributed by atoms with Crippen LogP contribution in [0.5, 0.6) is 5.75 Å².